The van der Waals surface area contributed by atoms with E-state index >= 15 is 0 Å². The molecule has 15 heavy (non-hydrogen) atoms. The van der Waals surface area contributed by atoms with Gasteiger partial charge in [0, 0.05) is 6.54 Å². The lowest BCUT2D eigenvalue weighted by molar-refractivity contribution is 0.404. The first kappa shape index (κ1) is 9.73. The molecule has 3 rings (SSSR count). The minimum Gasteiger partial charge on any atom is -0.311 e. The van der Waals surface area contributed by atoms with Crippen LogP contribution in [0, 0.1) is 0 Å². The summed E-state index contributed by atoms with van der Waals surface area (Å²) in [6, 6.07) is 0.662. The van der Waals surface area contributed by atoms with Crippen molar-refractivity contribution in [2.75, 3.05) is 18.1 Å². The van der Waals surface area contributed by atoms with Crippen molar-refractivity contribution in [2.45, 2.75) is 31.8 Å². The fourth-order valence-electron chi connectivity index (χ4n) is 2.50. The first-order valence-corrected chi connectivity index (χ1v) is 6.94. The average molecular weight is 223 g/mol. The summed E-state index contributed by atoms with van der Waals surface area (Å²) < 4.78 is 2.29. The molecule has 0 amide bonds. The molecule has 2 aliphatic heterocycles. The molecule has 0 aliphatic carbocycles. The van der Waals surface area contributed by atoms with Crippen LogP contribution in [0.25, 0.3) is 0 Å². The molecule has 0 bridgehead atoms. The van der Waals surface area contributed by atoms with E-state index in [-0.39, 0.29) is 0 Å². The highest BCUT2D eigenvalue weighted by Crippen LogP contribution is 2.29. The lowest BCUT2D eigenvalue weighted by Gasteiger charge is -2.25. The smallest absolute Gasteiger partial charge is 0.0557 e. The molecule has 0 saturated carbocycles. The summed E-state index contributed by atoms with van der Waals surface area (Å²) in [4.78, 5) is 0. The summed E-state index contributed by atoms with van der Waals surface area (Å²) >= 11 is 2.08. The zero-order chi connectivity index (χ0) is 10.1. The van der Waals surface area contributed by atoms with Crippen molar-refractivity contribution in [3.8, 4) is 0 Å². The summed E-state index contributed by atoms with van der Waals surface area (Å²) in [6.07, 6.45) is 5.81. The number of nitrogens with zero attached hydrogens (tertiary/aromatic N) is 2. The monoisotopic (exact) mass is 223 g/mol. The third-order valence-corrected chi connectivity index (χ3v) is 4.43. The van der Waals surface area contributed by atoms with Gasteiger partial charge in [0.05, 0.1) is 17.9 Å². The minimum atomic E-state index is 0.662. The van der Waals surface area contributed by atoms with Crippen molar-refractivity contribution in [3.05, 3.63) is 17.5 Å². The molecule has 0 atom stereocenters. The van der Waals surface area contributed by atoms with Crippen LogP contribution in [0.5, 0.6) is 0 Å². The van der Waals surface area contributed by atoms with E-state index in [1.165, 1.54) is 35.6 Å². The Morgan fingerprint density at radius 2 is 2.27 bits per heavy atom. The van der Waals surface area contributed by atoms with Crippen molar-refractivity contribution in [2.24, 2.45) is 0 Å². The summed E-state index contributed by atoms with van der Waals surface area (Å²) in [6.45, 7) is 2.12. The van der Waals surface area contributed by atoms with Gasteiger partial charge in [0.2, 0.25) is 0 Å². The zero-order valence-corrected chi connectivity index (χ0v) is 9.72. The van der Waals surface area contributed by atoms with Crippen LogP contribution in [0.4, 0.5) is 0 Å². The van der Waals surface area contributed by atoms with Crippen LogP contribution in [0.15, 0.2) is 6.20 Å². The van der Waals surface area contributed by atoms with Crippen LogP contribution in [0.1, 0.15) is 30.1 Å². The van der Waals surface area contributed by atoms with Gasteiger partial charge in [-0.3, -0.25) is 4.68 Å². The molecule has 1 fully saturated rings. The van der Waals surface area contributed by atoms with Gasteiger partial charge >= 0.3 is 0 Å². The van der Waals surface area contributed by atoms with Gasteiger partial charge in [-0.05, 0) is 42.9 Å². The summed E-state index contributed by atoms with van der Waals surface area (Å²) in [7, 11) is 0. The van der Waals surface area contributed by atoms with E-state index in [0.29, 0.717) is 6.04 Å². The van der Waals surface area contributed by atoms with E-state index < -0.39 is 0 Å². The summed E-state index contributed by atoms with van der Waals surface area (Å²) in [5, 5.41) is 8.03. The average Bonchev–Trinajstić information content (AvgIpc) is 2.74. The first-order chi connectivity index (χ1) is 7.45. The second-order valence-corrected chi connectivity index (χ2v) is 5.56. The van der Waals surface area contributed by atoms with Crippen LogP contribution in [0.3, 0.4) is 0 Å². The second-order valence-electron chi connectivity index (χ2n) is 4.33. The molecule has 0 radical (unpaired) electrons. The molecule has 0 aromatic carbocycles. The van der Waals surface area contributed by atoms with Gasteiger partial charge in [-0.1, -0.05) is 0 Å². The molecule has 1 aromatic rings. The number of nitrogens with one attached hydrogen (secondary N) is 1. The predicted molar refractivity (Wildman–Crippen MR) is 63.2 cm³/mol. The standard InChI is InChI=1S/C11H17N3S/c1-4-12-8-11-9(1)7-13-14(11)10-2-5-15-6-3-10/h7,10,12H,1-6,8H2. The second kappa shape index (κ2) is 4.18. The summed E-state index contributed by atoms with van der Waals surface area (Å²) in [5.74, 6) is 2.60. The van der Waals surface area contributed by atoms with E-state index in [2.05, 4.69) is 33.1 Å². The molecule has 4 heteroatoms. The third-order valence-electron chi connectivity index (χ3n) is 3.39. The van der Waals surface area contributed by atoms with Crippen LogP contribution in [-0.2, 0) is 13.0 Å². The largest absolute Gasteiger partial charge is 0.311 e. The van der Waals surface area contributed by atoms with Gasteiger partial charge in [-0.2, -0.15) is 16.9 Å². The van der Waals surface area contributed by atoms with Gasteiger partial charge in [0.1, 0.15) is 0 Å². The Hall–Kier alpha value is -0.480. The number of hydrogen-bond donors (Lipinski definition) is 1. The molecular formula is C11H17N3S. The third kappa shape index (κ3) is 1.81. The van der Waals surface area contributed by atoms with Crippen LogP contribution >= 0.6 is 11.8 Å². The predicted octanol–water partition coefficient (Wildman–Crippen LogP) is 1.60. The molecule has 1 aromatic heterocycles. The van der Waals surface area contributed by atoms with Crippen molar-refractivity contribution < 1.29 is 0 Å². The molecule has 82 valence electrons. The lowest BCUT2D eigenvalue weighted by atomic mass is 10.1. The number of thioether (sulfide) groups is 1. The van der Waals surface area contributed by atoms with Crippen molar-refractivity contribution in [1.29, 1.82) is 0 Å². The fourth-order valence-corrected chi connectivity index (χ4v) is 3.58. The Kier molecular flexibility index (Phi) is 2.71. The minimum absolute atomic E-state index is 0.662. The molecule has 2 aliphatic rings. The van der Waals surface area contributed by atoms with Crippen LogP contribution in [0.2, 0.25) is 0 Å². The number of fused-ring (bicyclic) bond motifs is 1. The maximum Gasteiger partial charge on any atom is 0.0557 e. The molecule has 1 saturated heterocycles. The normalized spacial score (nSPS) is 22.7. The highest BCUT2D eigenvalue weighted by atomic mass is 32.2. The number of rotatable bonds is 1. The Balaban J connectivity index is 1.87. The zero-order valence-electron chi connectivity index (χ0n) is 8.91. The highest BCUT2D eigenvalue weighted by molar-refractivity contribution is 7.99. The number of aromatic nitrogens is 2. The van der Waals surface area contributed by atoms with Crippen LogP contribution in [-0.4, -0.2) is 27.8 Å². The molecule has 3 heterocycles. The van der Waals surface area contributed by atoms with Gasteiger partial charge < -0.3 is 5.32 Å². The molecule has 3 nitrogen and oxygen atoms in total. The van der Waals surface area contributed by atoms with E-state index in [1.807, 2.05) is 0 Å². The van der Waals surface area contributed by atoms with Gasteiger partial charge in [0.25, 0.3) is 0 Å². The maximum atomic E-state index is 4.59. The Bertz CT molecular complexity index is 342. The Morgan fingerprint density at radius 3 is 3.13 bits per heavy atom. The summed E-state index contributed by atoms with van der Waals surface area (Å²) in [5.41, 5.74) is 2.91. The molecule has 1 N–H and O–H groups in total. The van der Waals surface area contributed by atoms with Gasteiger partial charge in [-0.25, -0.2) is 0 Å². The van der Waals surface area contributed by atoms with E-state index in [9.17, 15) is 0 Å². The Labute approximate surface area is 94.6 Å². The molecule has 0 unspecified atom stereocenters. The van der Waals surface area contributed by atoms with E-state index in [1.54, 1.807) is 0 Å². The maximum absolute atomic E-state index is 4.59. The molecular weight excluding hydrogens is 206 g/mol. The van der Waals surface area contributed by atoms with Crippen molar-refractivity contribution in [1.82, 2.24) is 15.1 Å². The van der Waals surface area contributed by atoms with Crippen molar-refractivity contribution >= 4 is 11.8 Å². The quantitative estimate of drug-likeness (QED) is 0.784. The topological polar surface area (TPSA) is 29.9 Å². The molecule has 0 spiro atoms. The van der Waals surface area contributed by atoms with E-state index in [4.69, 9.17) is 0 Å². The van der Waals surface area contributed by atoms with Gasteiger partial charge in [0.15, 0.2) is 0 Å². The highest BCUT2D eigenvalue weighted by Gasteiger charge is 2.22. The fraction of sp³-hybridized carbons (Fsp3) is 0.727. The Morgan fingerprint density at radius 1 is 1.40 bits per heavy atom. The van der Waals surface area contributed by atoms with E-state index in [0.717, 1.165) is 19.5 Å². The van der Waals surface area contributed by atoms with Gasteiger partial charge in [-0.15, -0.1) is 0 Å². The number of hydrogen-bond acceptors (Lipinski definition) is 3. The SMILES string of the molecule is c1nn(C2CCSCC2)c2c1CCNC2. The lowest BCUT2D eigenvalue weighted by Crippen LogP contribution is -2.27. The first-order valence-electron chi connectivity index (χ1n) is 5.79. The van der Waals surface area contributed by atoms with Crippen molar-refractivity contribution in [3.63, 3.8) is 0 Å². The van der Waals surface area contributed by atoms with Crippen LogP contribution < -0.4 is 5.32 Å².